The molecule has 1 saturated carbocycles. The zero-order valence-corrected chi connectivity index (χ0v) is 21.1. The van der Waals surface area contributed by atoms with Gasteiger partial charge in [-0.05, 0) is 49.7 Å². The van der Waals surface area contributed by atoms with E-state index in [2.05, 4.69) is 10.6 Å². The molecule has 192 valence electrons. The van der Waals surface area contributed by atoms with Gasteiger partial charge in [0.05, 0.1) is 11.4 Å². The Morgan fingerprint density at radius 3 is 2.49 bits per heavy atom. The molecule has 0 spiro atoms. The van der Waals surface area contributed by atoms with Crippen molar-refractivity contribution in [2.75, 3.05) is 32.7 Å². The number of hydrogen-bond acceptors (Lipinski definition) is 6. The molecule has 35 heavy (non-hydrogen) atoms. The van der Waals surface area contributed by atoms with Crippen LogP contribution in [-0.4, -0.2) is 78.2 Å². The summed E-state index contributed by atoms with van der Waals surface area (Å²) in [6, 6.07) is 1.90. The second-order valence-corrected chi connectivity index (χ2v) is 11.0. The van der Waals surface area contributed by atoms with Gasteiger partial charge in [0.1, 0.15) is 12.1 Å². The van der Waals surface area contributed by atoms with Crippen LogP contribution in [-0.2, 0) is 14.4 Å². The Morgan fingerprint density at radius 1 is 1.09 bits per heavy atom. The van der Waals surface area contributed by atoms with Crippen LogP contribution in [0.1, 0.15) is 61.0 Å². The lowest BCUT2D eigenvalue weighted by molar-refractivity contribution is -0.142. The largest absolute Gasteiger partial charge is 0.368 e. The predicted molar refractivity (Wildman–Crippen MR) is 134 cm³/mol. The second-order valence-electron chi connectivity index (χ2n) is 10.0. The minimum Gasteiger partial charge on any atom is -0.368 e. The van der Waals surface area contributed by atoms with Crippen molar-refractivity contribution in [3.8, 4) is 0 Å². The van der Waals surface area contributed by atoms with Crippen molar-refractivity contribution in [2.45, 2.75) is 63.5 Å². The fraction of sp³-hybridized carbons (Fsp3) is 0.680. The molecule has 4 rings (SSSR count). The summed E-state index contributed by atoms with van der Waals surface area (Å²) in [6.45, 7) is 2.40. The van der Waals surface area contributed by atoms with E-state index >= 15 is 0 Å². The first-order valence-electron chi connectivity index (χ1n) is 12.9. The monoisotopic (exact) mass is 503 g/mol. The molecule has 1 aromatic heterocycles. The molecule has 0 bridgehead atoms. The van der Waals surface area contributed by atoms with E-state index in [-0.39, 0.29) is 30.8 Å². The van der Waals surface area contributed by atoms with Gasteiger partial charge < -0.3 is 26.2 Å². The summed E-state index contributed by atoms with van der Waals surface area (Å²) in [4.78, 5) is 56.0. The first kappa shape index (κ1) is 25.6. The molecule has 1 aromatic rings. The number of piperazine rings is 1. The van der Waals surface area contributed by atoms with E-state index in [0.29, 0.717) is 23.8 Å². The van der Waals surface area contributed by atoms with Crippen molar-refractivity contribution >= 4 is 35.0 Å². The van der Waals surface area contributed by atoms with Crippen molar-refractivity contribution in [1.82, 2.24) is 20.4 Å². The van der Waals surface area contributed by atoms with Gasteiger partial charge in [-0.25, -0.2) is 0 Å². The Bertz CT molecular complexity index is 896. The maximum atomic E-state index is 13.5. The molecular formula is C25H37N5O4S. The van der Waals surface area contributed by atoms with Crippen LogP contribution >= 0.6 is 11.3 Å². The molecule has 9 nitrogen and oxygen atoms in total. The van der Waals surface area contributed by atoms with Crippen molar-refractivity contribution in [3.05, 3.63) is 22.4 Å². The molecule has 0 aromatic carbocycles. The van der Waals surface area contributed by atoms with Gasteiger partial charge in [0.15, 0.2) is 0 Å². The standard InChI is InChI=1S/C25H37N5O4S/c26-22(31)19(15-17-5-2-1-3-6-17)28-23(32)20-16-29(24(33)18-8-10-27-11-9-18)12-13-30(20)25(34)21-7-4-14-35-21/h4,7,14,17-20,27H,1-3,5-6,8-13,15-16H2,(H2,26,31)(H,28,32). The van der Waals surface area contributed by atoms with Gasteiger partial charge in [0, 0.05) is 19.0 Å². The number of hydrogen-bond donors (Lipinski definition) is 3. The molecule has 2 unspecified atom stereocenters. The van der Waals surface area contributed by atoms with Crippen molar-refractivity contribution in [2.24, 2.45) is 17.6 Å². The minimum atomic E-state index is -0.864. The SMILES string of the molecule is NC(=O)C(CC1CCCCC1)NC(=O)C1CN(C(=O)C2CCNCC2)CCN1C(=O)c1cccs1. The van der Waals surface area contributed by atoms with E-state index in [1.165, 1.54) is 17.8 Å². The van der Waals surface area contributed by atoms with Crippen LogP contribution < -0.4 is 16.4 Å². The van der Waals surface area contributed by atoms with E-state index < -0.39 is 23.9 Å². The Kier molecular flexibility index (Phi) is 8.78. The third-order valence-corrected chi connectivity index (χ3v) is 8.49. The molecular weight excluding hydrogens is 466 g/mol. The van der Waals surface area contributed by atoms with Crippen LogP contribution in [0.2, 0.25) is 0 Å². The highest BCUT2D eigenvalue weighted by Crippen LogP contribution is 2.28. The Balaban J connectivity index is 1.49. The number of amides is 4. The number of thiophene rings is 1. The lowest BCUT2D eigenvalue weighted by Gasteiger charge is -2.42. The lowest BCUT2D eigenvalue weighted by atomic mass is 9.84. The quantitative estimate of drug-likeness (QED) is 0.518. The normalized spacial score (nSPS) is 23.0. The summed E-state index contributed by atoms with van der Waals surface area (Å²) in [5.41, 5.74) is 5.67. The van der Waals surface area contributed by atoms with E-state index in [9.17, 15) is 19.2 Å². The molecule has 2 aliphatic heterocycles. The summed E-state index contributed by atoms with van der Waals surface area (Å²) in [5, 5.41) is 7.95. The molecule has 2 saturated heterocycles. The summed E-state index contributed by atoms with van der Waals surface area (Å²) in [6.07, 6.45) is 7.59. The molecule has 4 amide bonds. The molecule has 4 N–H and O–H groups in total. The number of piperidine rings is 1. The van der Waals surface area contributed by atoms with E-state index in [4.69, 9.17) is 5.73 Å². The third-order valence-electron chi connectivity index (χ3n) is 7.63. The van der Waals surface area contributed by atoms with Gasteiger partial charge in [0.2, 0.25) is 17.7 Å². The van der Waals surface area contributed by atoms with Gasteiger partial charge >= 0.3 is 0 Å². The summed E-state index contributed by atoms with van der Waals surface area (Å²) in [7, 11) is 0. The zero-order chi connectivity index (χ0) is 24.8. The van der Waals surface area contributed by atoms with Crippen LogP contribution in [0.3, 0.4) is 0 Å². The lowest BCUT2D eigenvalue weighted by Crippen LogP contribution is -2.63. The fourth-order valence-corrected chi connectivity index (χ4v) is 6.27. The van der Waals surface area contributed by atoms with Crippen LogP contribution in [0.15, 0.2) is 17.5 Å². The smallest absolute Gasteiger partial charge is 0.264 e. The van der Waals surface area contributed by atoms with Gasteiger partial charge in [-0.3, -0.25) is 19.2 Å². The summed E-state index contributed by atoms with van der Waals surface area (Å²) < 4.78 is 0. The first-order valence-corrected chi connectivity index (χ1v) is 13.8. The molecule has 3 fully saturated rings. The van der Waals surface area contributed by atoms with E-state index in [1.807, 2.05) is 5.38 Å². The van der Waals surface area contributed by atoms with E-state index in [0.717, 1.165) is 51.6 Å². The van der Waals surface area contributed by atoms with Gasteiger partial charge in [0.25, 0.3) is 5.91 Å². The van der Waals surface area contributed by atoms with Crippen LogP contribution in [0.25, 0.3) is 0 Å². The molecule has 3 aliphatic rings. The molecule has 10 heteroatoms. The summed E-state index contributed by atoms with van der Waals surface area (Å²) >= 11 is 1.33. The van der Waals surface area contributed by atoms with Gasteiger partial charge in [-0.2, -0.15) is 0 Å². The number of nitrogens with two attached hydrogens (primary N) is 1. The zero-order valence-electron chi connectivity index (χ0n) is 20.2. The number of rotatable bonds is 7. The van der Waals surface area contributed by atoms with Gasteiger partial charge in [-0.15, -0.1) is 11.3 Å². The summed E-state index contributed by atoms with van der Waals surface area (Å²) in [5.74, 6) is -0.868. The number of primary amides is 1. The van der Waals surface area contributed by atoms with Crippen LogP contribution in [0, 0.1) is 11.8 Å². The average Bonchev–Trinajstić information content (AvgIpc) is 3.43. The topological polar surface area (TPSA) is 125 Å². The highest BCUT2D eigenvalue weighted by molar-refractivity contribution is 7.12. The third kappa shape index (κ3) is 6.41. The minimum absolute atomic E-state index is 0.0428. The Labute approximate surface area is 210 Å². The molecule has 0 radical (unpaired) electrons. The fourth-order valence-electron chi connectivity index (χ4n) is 5.59. The maximum absolute atomic E-state index is 13.5. The number of carbonyl (C=O) groups excluding carboxylic acids is 4. The number of nitrogens with zero attached hydrogens (tertiary/aromatic N) is 2. The first-order chi connectivity index (χ1) is 16.9. The van der Waals surface area contributed by atoms with Crippen molar-refractivity contribution < 1.29 is 19.2 Å². The van der Waals surface area contributed by atoms with E-state index in [1.54, 1.807) is 21.9 Å². The Hall–Kier alpha value is -2.46. The molecule has 1 aliphatic carbocycles. The van der Waals surface area contributed by atoms with Crippen molar-refractivity contribution in [1.29, 1.82) is 0 Å². The van der Waals surface area contributed by atoms with Crippen LogP contribution in [0.4, 0.5) is 0 Å². The molecule has 3 heterocycles. The predicted octanol–water partition coefficient (Wildman–Crippen LogP) is 1.34. The highest BCUT2D eigenvalue weighted by Gasteiger charge is 2.40. The maximum Gasteiger partial charge on any atom is 0.264 e. The average molecular weight is 504 g/mol. The highest BCUT2D eigenvalue weighted by atomic mass is 32.1. The van der Waals surface area contributed by atoms with Crippen molar-refractivity contribution in [3.63, 3.8) is 0 Å². The second kappa shape index (κ2) is 12.0. The number of carbonyl (C=O) groups is 4. The number of nitrogens with one attached hydrogen (secondary N) is 2. The molecule has 2 atom stereocenters. The van der Waals surface area contributed by atoms with Gasteiger partial charge in [-0.1, -0.05) is 38.2 Å². The Morgan fingerprint density at radius 2 is 1.83 bits per heavy atom. The van der Waals surface area contributed by atoms with Crippen LogP contribution in [0.5, 0.6) is 0 Å².